The zero-order chi connectivity index (χ0) is 23.6. The summed E-state index contributed by atoms with van der Waals surface area (Å²) in [6.45, 7) is 3.52. The van der Waals surface area contributed by atoms with Gasteiger partial charge in [-0.25, -0.2) is 4.98 Å². The molecule has 0 saturated carbocycles. The molecule has 0 bridgehead atoms. The van der Waals surface area contributed by atoms with Crippen LogP contribution in [-0.2, 0) is 17.5 Å². The van der Waals surface area contributed by atoms with E-state index in [9.17, 15) is 22.8 Å². The third kappa shape index (κ3) is 4.86. The second-order valence-electron chi connectivity index (χ2n) is 8.21. The molecule has 1 aliphatic rings. The third-order valence-corrected chi connectivity index (χ3v) is 5.95. The van der Waals surface area contributed by atoms with Crippen molar-refractivity contribution in [2.24, 2.45) is 5.92 Å². The number of aryl methyl sites for hydroxylation is 1. The Morgan fingerprint density at radius 2 is 1.73 bits per heavy atom. The van der Waals surface area contributed by atoms with Crippen LogP contribution in [0.4, 0.5) is 19.1 Å². The van der Waals surface area contributed by atoms with E-state index in [1.807, 2.05) is 28.8 Å². The van der Waals surface area contributed by atoms with Crippen molar-refractivity contribution in [1.29, 1.82) is 0 Å². The maximum atomic E-state index is 12.9. The molecule has 3 aromatic rings. The standard InChI is InChI=1S/C24H25F3N4O2/c1-2-13-31-20-6-4-3-5-19(20)28-23(31)29-21(32)16-11-14-30(15-12-16)22(33)17-7-9-18(10-8-17)24(25,26)27/h3-10,16H,2,11-15H2,1H3,(H,28,29,32). The topological polar surface area (TPSA) is 67.2 Å². The van der Waals surface area contributed by atoms with Crippen LogP contribution in [0.2, 0.25) is 0 Å². The molecule has 1 saturated heterocycles. The van der Waals surface area contributed by atoms with Crippen LogP contribution in [0.25, 0.3) is 11.0 Å². The first-order chi connectivity index (χ1) is 15.8. The zero-order valence-corrected chi connectivity index (χ0v) is 18.2. The van der Waals surface area contributed by atoms with Crippen LogP contribution in [-0.4, -0.2) is 39.4 Å². The summed E-state index contributed by atoms with van der Waals surface area (Å²) < 4.78 is 40.2. The van der Waals surface area contributed by atoms with Crippen LogP contribution in [0.15, 0.2) is 48.5 Å². The first-order valence-electron chi connectivity index (χ1n) is 11.0. The van der Waals surface area contributed by atoms with Gasteiger partial charge in [-0.05, 0) is 55.7 Å². The molecule has 1 fully saturated rings. The second-order valence-corrected chi connectivity index (χ2v) is 8.21. The summed E-state index contributed by atoms with van der Waals surface area (Å²) in [5.41, 5.74) is 1.20. The molecule has 0 spiro atoms. The number of halogens is 3. The summed E-state index contributed by atoms with van der Waals surface area (Å²) in [6.07, 6.45) is -2.59. The van der Waals surface area contributed by atoms with Gasteiger partial charge in [0.2, 0.25) is 11.9 Å². The summed E-state index contributed by atoms with van der Waals surface area (Å²) in [5, 5.41) is 2.95. The molecule has 1 aromatic heterocycles. The fourth-order valence-corrected chi connectivity index (χ4v) is 4.16. The molecular formula is C24H25F3N4O2. The Bertz CT molecular complexity index is 1150. The highest BCUT2D eigenvalue weighted by Gasteiger charge is 2.32. The number of carbonyl (C=O) groups excluding carboxylic acids is 2. The van der Waals surface area contributed by atoms with Crippen molar-refractivity contribution >= 4 is 28.8 Å². The van der Waals surface area contributed by atoms with E-state index >= 15 is 0 Å². The largest absolute Gasteiger partial charge is 0.416 e. The average Bonchev–Trinajstić information content (AvgIpc) is 3.15. The van der Waals surface area contributed by atoms with Crippen LogP contribution < -0.4 is 5.32 Å². The van der Waals surface area contributed by atoms with Crippen LogP contribution in [0.3, 0.4) is 0 Å². The number of hydrogen-bond acceptors (Lipinski definition) is 3. The Morgan fingerprint density at radius 1 is 1.06 bits per heavy atom. The summed E-state index contributed by atoms with van der Waals surface area (Å²) in [6, 6.07) is 11.9. The molecule has 0 atom stereocenters. The first-order valence-corrected chi connectivity index (χ1v) is 11.0. The van der Waals surface area contributed by atoms with Gasteiger partial charge in [0.15, 0.2) is 0 Å². The molecule has 1 N–H and O–H groups in total. The van der Waals surface area contributed by atoms with Crippen LogP contribution in [0.1, 0.15) is 42.1 Å². The van der Waals surface area contributed by atoms with Gasteiger partial charge < -0.3 is 9.47 Å². The minimum absolute atomic E-state index is 0.135. The third-order valence-electron chi connectivity index (χ3n) is 5.95. The zero-order valence-electron chi connectivity index (χ0n) is 18.2. The van der Waals surface area contributed by atoms with Crippen molar-refractivity contribution in [2.75, 3.05) is 18.4 Å². The van der Waals surface area contributed by atoms with Gasteiger partial charge in [0, 0.05) is 31.1 Å². The molecule has 174 valence electrons. The minimum Gasteiger partial charge on any atom is -0.339 e. The lowest BCUT2D eigenvalue weighted by atomic mass is 9.95. The summed E-state index contributed by atoms with van der Waals surface area (Å²) >= 11 is 0. The Labute approximate surface area is 189 Å². The number of fused-ring (bicyclic) bond motifs is 1. The predicted octanol–water partition coefficient (Wildman–Crippen LogP) is 4.96. The number of benzene rings is 2. The second kappa shape index (κ2) is 9.25. The number of likely N-dealkylation sites (tertiary alicyclic amines) is 1. The fraction of sp³-hybridized carbons (Fsp3) is 0.375. The molecule has 2 aromatic carbocycles. The normalized spacial score (nSPS) is 15.1. The summed E-state index contributed by atoms with van der Waals surface area (Å²) in [4.78, 5) is 31.7. The van der Waals surface area contributed by atoms with E-state index in [2.05, 4.69) is 17.2 Å². The molecule has 2 heterocycles. The number of piperidine rings is 1. The number of nitrogens with one attached hydrogen (secondary N) is 1. The Kier molecular flexibility index (Phi) is 6.40. The Hall–Kier alpha value is -3.36. The number of hydrogen-bond donors (Lipinski definition) is 1. The number of para-hydroxylation sites is 2. The Morgan fingerprint density at radius 3 is 2.36 bits per heavy atom. The van der Waals surface area contributed by atoms with E-state index in [4.69, 9.17) is 0 Å². The molecule has 4 rings (SSSR count). The van der Waals surface area contributed by atoms with E-state index in [1.165, 1.54) is 12.1 Å². The van der Waals surface area contributed by atoms with E-state index in [1.54, 1.807) is 4.90 Å². The van der Waals surface area contributed by atoms with Crippen LogP contribution >= 0.6 is 0 Å². The maximum Gasteiger partial charge on any atom is 0.416 e. The van der Waals surface area contributed by atoms with Gasteiger partial charge in [-0.3, -0.25) is 14.9 Å². The first kappa shape index (κ1) is 22.8. The predicted molar refractivity (Wildman–Crippen MR) is 119 cm³/mol. The van der Waals surface area contributed by atoms with Gasteiger partial charge in [-0.15, -0.1) is 0 Å². The molecule has 6 nitrogen and oxygen atoms in total. The number of alkyl halides is 3. The highest BCUT2D eigenvalue weighted by Crippen LogP contribution is 2.29. The monoisotopic (exact) mass is 458 g/mol. The quantitative estimate of drug-likeness (QED) is 0.588. The van der Waals surface area contributed by atoms with E-state index in [0.29, 0.717) is 31.9 Å². The van der Waals surface area contributed by atoms with Crippen LogP contribution in [0, 0.1) is 5.92 Å². The number of carbonyl (C=O) groups is 2. The molecular weight excluding hydrogens is 433 g/mol. The van der Waals surface area contributed by atoms with Gasteiger partial charge in [0.1, 0.15) is 0 Å². The highest BCUT2D eigenvalue weighted by molar-refractivity contribution is 5.95. The van der Waals surface area contributed by atoms with Crippen molar-refractivity contribution in [2.45, 2.75) is 38.9 Å². The van der Waals surface area contributed by atoms with Gasteiger partial charge in [-0.2, -0.15) is 13.2 Å². The van der Waals surface area contributed by atoms with Crippen molar-refractivity contribution < 1.29 is 22.8 Å². The minimum atomic E-state index is -4.44. The molecule has 33 heavy (non-hydrogen) atoms. The smallest absolute Gasteiger partial charge is 0.339 e. The summed E-state index contributed by atoms with van der Waals surface area (Å²) in [7, 11) is 0. The number of rotatable bonds is 5. The van der Waals surface area contributed by atoms with Gasteiger partial charge in [-0.1, -0.05) is 19.1 Å². The lowest BCUT2D eigenvalue weighted by molar-refractivity contribution is -0.137. The number of amides is 2. The van der Waals surface area contributed by atoms with Crippen LogP contribution in [0.5, 0.6) is 0 Å². The molecule has 0 radical (unpaired) electrons. The lowest BCUT2D eigenvalue weighted by Gasteiger charge is -2.31. The van der Waals surface area contributed by atoms with E-state index in [-0.39, 0.29) is 23.3 Å². The Balaban J connectivity index is 1.38. The van der Waals surface area contributed by atoms with Crippen molar-refractivity contribution in [3.8, 4) is 0 Å². The average molecular weight is 458 g/mol. The molecule has 9 heteroatoms. The van der Waals surface area contributed by atoms with E-state index in [0.717, 1.165) is 36.1 Å². The van der Waals surface area contributed by atoms with Gasteiger partial charge in [0.05, 0.1) is 16.6 Å². The van der Waals surface area contributed by atoms with Gasteiger partial charge >= 0.3 is 6.18 Å². The number of aromatic nitrogens is 2. The molecule has 0 aliphatic carbocycles. The SMILES string of the molecule is CCCn1c(NC(=O)C2CCN(C(=O)c3ccc(C(F)(F)F)cc3)CC2)nc2ccccc21. The van der Waals surface area contributed by atoms with Crippen molar-refractivity contribution in [3.63, 3.8) is 0 Å². The number of anilines is 1. The number of nitrogens with zero attached hydrogens (tertiary/aromatic N) is 3. The highest BCUT2D eigenvalue weighted by atomic mass is 19.4. The molecule has 2 amide bonds. The van der Waals surface area contributed by atoms with Gasteiger partial charge in [0.25, 0.3) is 5.91 Å². The maximum absolute atomic E-state index is 12.9. The molecule has 1 aliphatic heterocycles. The fourth-order valence-electron chi connectivity index (χ4n) is 4.16. The molecule has 0 unspecified atom stereocenters. The number of imidazole rings is 1. The van der Waals surface area contributed by atoms with E-state index < -0.39 is 11.7 Å². The summed E-state index contributed by atoms with van der Waals surface area (Å²) in [5.74, 6) is -0.209. The lowest BCUT2D eigenvalue weighted by Crippen LogP contribution is -2.41. The van der Waals surface area contributed by atoms with Crippen molar-refractivity contribution in [1.82, 2.24) is 14.5 Å². The van der Waals surface area contributed by atoms with Crippen molar-refractivity contribution in [3.05, 3.63) is 59.7 Å².